The summed E-state index contributed by atoms with van der Waals surface area (Å²) in [5.41, 5.74) is 2.34. The van der Waals surface area contributed by atoms with Crippen molar-refractivity contribution in [2.45, 2.75) is 12.8 Å². The Morgan fingerprint density at radius 3 is 2.94 bits per heavy atom. The van der Waals surface area contributed by atoms with E-state index >= 15 is 0 Å². The number of thiazole rings is 1. The van der Waals surface area contributed by atoms with Crippen molar-refractivity contribution in [2.75, 3.05) is 13.1 Å². The average molecular weight is 244 g/mol. The number of aromatic nitrogens is 1. The lowest BCUT2D eigenvalue weighted by atomic mass is 10.1. The van der Waals surface area contributed by atoms with Crippen molar-refractivity contribution in [1.29, 1.82) is 0 Å². The first-order chi connectivity index (χ1) is 8.42. The molecule has 2 nitrogen and oxygen atoms in total. The minimum absolute atomic E-state index is 0.782. The fourth-order valence-electron chi connectivity index (χ4n) is 2.28. The minimum Gasteiger partial charge on any atom is -0.316 e. The molecule has 0 bridgehead atoms. The van der Waals surface area contributed by atoms with Crippen molar-refractivity contribution in [2.24, 2.45) is 5.92 Å². The Bertz CT molecular complexity index is 472. The van der Waals surface area contributed by atoms with Gasteiger partial charge in [0.1, 0.15) is 0 Å². The van der Waals surface area contributed by atoms with Crippen molar-refractivity contribution in [1.82, 2.24) is 10.3 Å². The molecule has 0 amide bonds. The number of hydrogen-bond donors (Lipinski definition) is 1. The van der Waals surface area contributed by atoms with Crippen LogP contribution in [0.2, 0.25) is 0 Å². The summed E-state index contributed by atoms with van der Waals surface area (Å²) in [7, 11) is 0. The van der Waals surface area contributed by atoms with Crippen LogP contribution in [0.1, 0.15) is 11.4 Å². The summed E-state index contributed by atoms with van der Waals surface area (Å²) in [5, 5.41) is 6.86. The third-order valence-corrected chi connectivity index (χ3v) is 4.12. The molecule has 1 aliphatic heterocycles. The van der Waals surface area contributed by atoms with Crippen LogP contribution in [-0.2, 0) is 6.42 Å². The van der Waals surface area contributed by atoms with Gasteiger partial charge in [-0.25, -0.2) is 4.98 Å². The molecular weight excluding hydrogens is 228 g/mol. The van der Waals surface area contributed by atoms with Gasteiger partial charge in [-0.1, -0.05) is 30.3 Å². The lowest BCUT2D eigenvalue weighted by Crippen LogP contribution is -2.10. The Morgan fingerprint density at radius 1 is 1.29 bits per heavy atom. The van der Waals surface area contributed by atoms with Gasteiger partial charge in [-0.05, 0) is 25.4 Å². The summed E-state index contributed by atoms with van der Waals surface area (Å²) < 4.78 is 0. The van der Waals surface area contributed by atoms with Crippen molar-refractivity contribution in [3.8, 4) is 11.3 Å². The molecule has 1 fully saturated rings. The highest BCUT2D eigenvalue weighted by Crippen LogP contribution is 2.24. The molecule has 0 saturated carbocycles. The van der Waals surface area contributed by atoms with Crippen LogP contribution < -0.4 is 5.32 Å². The van der Waals surface area contributed by atoms with Crippen LogP contribution in [-0.4, -0.2) is 18.1 Å². The Hall–Kier alpha value is -1.19. The third kappa shape index (κ3) is 2.56. The summed E-state index contributed by atoms with van der Waals surface area (Å²) in [6, 6.07) is 10.4. The van der Waals surface area contributed by atoms with E-state index in [1.807, 2.05) is 6.07 Å². The summed E-state index contributed by atoms with van der Waals surface area (Å²) in [4.78, 5) is 4.73. The molecule has 0 spiro atoms. The molecule has 1 atom stereocenters. The van der Waals surface area contributed by atoms with Crippen molar-refractivity contribution in [3.05, 3.63) is 40.7 Å². The van der Waals surface area contributed by atoms with Crippen LogP contribution in [0, 0.1) is 5.92 Å². The topological polar surface area (TPSA) is 24.9 Å². The van der Waals surface area contributed by atoms with Crippen LogP contribution in [0.25, 0.3) is 11.3 Å². The van der Waals surface area contributed by atoms with Gasteiger partial charge in [-0.2, -0.15) is 0 Å². The van der Waals surface area contributed by atoms with E-state index in [0.29, 0.717) is 0 Å². The molecule has 2 aromatic rings. The molecule has 1 N–H and O–H groups in total. The predicted molar refractivity (Wildman–Crippen MR) is 72.2 cm³/mol. The largest absolute Gasteiger partial charge is 0.316 e. The van der Waals surface area contributed by atoms with Gasteiger partial charge >= 0.3 is 0 Å². The Balaban J connectivity index is 1.74. The molecular formula is C14H16N2S. The van der Waals surface area contributed by atoms with E-state index in [4.69, 9.17) is 4.98 Å². The van der Waals surface area contributed by atoms with Crippen molar-refractivity contribution >= 4 is 11.3 Å². The minimum atomic E-state index is 0.782. The van der Waals surface area contributed by atoms with Crippen LogP contribution in [0.3, 0.4) is 0 Å². The Kier molecular flexibility index (Phi) is 3.20. The monoisotopic (exact) mass is 244 g/mol. The number of benzene rings is 1. The lowest BCUT2D eigenvalue weighted by molar-refractivity contribution is 0.578. The van der Waals surface area contributed by atoms with Crippen LogP contribution in [0.4, 0.5) is 0 Å². The average Bonchev–Trinajstić information content (AvgIpc) is 3.02. The molecule has 1 unspecified atom stereocenters. The first-order valence-corrected chi connectivity index (χ1v) is 7.00. The maximum atomic E-state index is 4.73. The molecule has 88 valence electrons. The van der Waals surface area contributed by atoms with Gasteiger partial charge in [0, 0.05) is 17.4 Å². The van der Waals surface area contributed by atoms with E-state index in [9.17, 15) is 0 Å². The van der Waals surface area contributed by atoms with E-state index in [-0.39, 0.29) is 0 Å². The molecule has 0 radical (unpaired) electrons. The van der Waals surface area contributed by atoms with Gasteiger partial charge in [0.2, 0.25) is 0 Å². The van der Waals surface area contributed by atoms with Gasteiger partial charge in [0.15, 0.2) is 0 Å². The number of hydrogen-bond acceptors (Lipinski definition) is 3. The molecule has 2 heterocycles. The molecule has 1 aromatic heterocycles. The maximum absolute atomic E-state index is 4.73. The highest BCUT2D eigenvalue weighted by Gasteiger charge is 2.16. The summed E-state index contributed by atoms with van der Waals surface area (Å²) in [6.45, 7) is 2.32. The SMILES string of the molecule is c1ccc(-c2csc(CC3CCNC3)n2)cc1. The van der Waals surface area contributed by atoms with Gasteiger partial charge in [0.25, 0.3) is 0 Å². The standard InChI is InChI=1S/C14H16N2S/c1-2-4-12(5-3-1)13-10-17-14(16-13)8-11-6-7-15-9-11/h1-5,10-11,15H,6-9H2. The second kappa shape index (κ2) is 4.98. The smallest absolute Gasteiger partial charge is 0.0935 e. The maximum Gasteiger partial charge on any atom is 0.0935 e. The molecule has 1 aromatic carbocycles. The normalized spacial score (nSPS) is 19.6. The molecule has 3 rings (SSSR count). The zero-order valence-corrected chi connectivity index (χ0v) is 10.5. The summed E-state index contributed by atoms with van der Waals surface area (Å²) in [5.74, 6) is 0.782. The molecule has 1 saturated heterocycles. The first-order valence-electron chi connectivity index (χ1n) is 6.12. The van der Waals surface area contributed by atoms with Crippen molar-refractivity contribution in [3.63, 3.8) is 0 Å². The van der Waals surface area contributed by atoms with Crippen LogP contribution in [0.5, 0.6) is 0 Å². The predicted octanol–water partition coefficient (Wildman–Crippen LogP) is 2.96. The number of rotatable bonds is 3. The lowest BCUT2D eigenvalue weighted by Gasteiger charge is -2.03. The number of nitrogens with zero attached hydrogens (tertiary/aromatic N) is 1. The Morgan fingerprint density at radius 2 is 2.18 bits per heavy atom. The van der Waals surface area contributed by atoms with E-state index in [1.165, 1.54) is 23.5 Å². The van der Waals surface area contributed by atoms with Gasteiger partial charge in [-0.3, -0.25) is 0 Å². The second-order valence-corrected chi connectivity index (χ2v) is 5.50. The van der Waals surface area contributed by atoms with Gasteiger partial charge in [0.05, 0.1) is 10.7 Å². The van der Waals surface area contributed by atoms with E-state index in [0.717, 1.165) is 24.6 Å². The number of nitrogens with one attached hydrogen (secondary N) is 1. The molecule has 0 aliphatic carbocycles. The Labute approximate surface area is 106 Å². The van der Waals surface area contributed by atoms with Gasteiger partial charge in [-0.15, -0.1) is 11.3 Å². The molecule has 17 heavy (non-hydrogen) atoms. The van der Waals surface area contributed by atoms with Gasteiger partial charge < -0.3 is 5.32 Å². The van der Waals surface area contributed by atoms with E-state index in [2.05, 4.69) is 35.0 Å². The highest BCUT2D eigenvalue weighted by molar-refractivity contribution is 7.09. The van der Waals surface area contributed by atoms with Crippen LogP contribution in [0.15, 0.2) is 35.7 Å². The zero-order chi connectivity index (χ0) is 11.5. The zero-order valence-electron chi connectivity index (χ0n) is 9.73. The third-order valence-electron chi connectivity index (χ3n) is 3.25. The molecule has 1 aliphatic rings. The highest BCUT2D eigenvalue weighted by atomic mass is 32.1. The quantitative estimate of drug-likeness (QED) is 0.898. The van der Waals surface area contributed by atoms with E-state index < -0.39 is 0 Å². The van der Waals surface area contributed by atoms with Crippen molar-refractivity contribution < 1.29 is 0 Å². The summed E-state index contributed by atoms with van der Waals surface area (Å²) in [6.07, 6.45) is 2.42. The fraction of sp³-hybridized carbons (Fsp3) is 0.357. The molecule has 3 heteroatoms. The summed E-state index contributed by atoms with van der Waals surface area (Å²) >= 11 is 1.79. The second-order valence-electron chi connectivity index (χ2n) is 4.56. The first kappa shape index (κ1) is 10.9. The fourth-order valence-corrected chi connectivity index (χ4v) is 3.20. The van der Waals surface area contributed by atoms with E-state index in [1.54, 1.807) is 11.3 Å². The van der Waals surface area contributed by atoms with Crippen LogP contribution >= 0.6 is 11.3 Å².